The van der Waals surface area contributed by atoms with Crippen LogP contribution < -0.4 is 10.0 Å². The molecule has 0 atom stereocenters. The van der Waals surface area contributed by atoms with Crippen molar-refractivity contribution in [1.82, 2.24) is 10.0 Å². The second kappa shape index (κ2) is 8.27. The Morgan fingerprint density at radius 3 is 2.52 bits per heavy atom. The number of hydrogen-bond acceptors (Lipinski definition) is 4. The smallest absolute Gasteiger partial charge is 0.241 e. The predicted molar refractivity (Wildman–Crippen MR) is 88.1 cm³/mol. The number of thiophene rings is 1. The summed E-state index contributed by atoms with van der Waals surface area (Å²) >= 11 is 1.50. The van der Waals surface area contributed by atoms with E-state index in [9.17, 15) is 8.42 Å². The van der Waals surface area contributed by atoms with Crippen molar-refractivity contribution in [3.05, 3.63) is 16.3 Å². The molecule has 2 N–H and O–H groups in total. The third-order valence-electron chi connectivity index (χ3n) is 3.96. The van der Waals surface area contributed by atoms with Gasteiger partial charge in [0.15, 0.2) is 0 Å². The molecule has 0 aromatic carbocycles. The van der Waals surface area contributed by atoms with E-state index in [-0.39, 0.29) is 6.04 Å². The minimum Gasteiger partial charge on any atom is -0.312 e. The van der Waals surface area contributed by atoms with Crippen LogP contribution in [0.1, 0.15) is 56.7 Å². The Labute approximate surface area is 132 Å². The summed E-state index contributed by atoms with van der Waals surface area (Å²) in [6.45, 7) is 3.48. The zero-order chi connectivity index (χ0) is 15.1. The van der Waals surface area contributed by atoms with E-state index in [1.165, 1.54) is 30.6 Å². The van der Waals surface area contributed by atoms with Crippen molar-refractivity contribution in [2.24, 2.45) is 0 Å². The standard InChI is InChI=1S/C15H26N2O2S2/c1-2-16-12-14-15(10-11-20-14)21(18,19)17-13-8-6-4-3-5-7-9-13/h10-11,13,16-17H,2-9,12H2,1H3. The summed E-state index contributed by atoms with van der Waals surface area (Å²) < 4.78 is 28.2. The maximum absolute atomic E-state index is 12.6. The van der Waals surface area contributed by atoms with Gasteiger partial charge < -0.3 is 5.32 Å². The van der Waals surface area contributed by atoms with E-state index in [0.717, 1.165) is 37.1 Å². The Balaban J connectivity index is 2.04. The molecule has 1 aliphatic rings. The van der Waals surface area contributed by atoms with E-state index < -0.39 is 10.0 Å². The van der Waals surface area contributed by atoms with Gasteiger partial charge in [-0.25, -0.2) is 13.1 Å². The Morgan fingerprint density at radius 2 is 1.86 bits per heavy atom. The highest BCUT2D eigenvalue weighted by Crippen LogP contribution is 2.24. The Bertz CT molecular complexity index is 518. The highest BCUT2D eigenvalue weighted by atomic mass is 32.2. The summed E-state index contributed by atoms with van der Waals surface area (Å²) in [6.07, 6.45) is 7.92. The quantitative estimate of drug-likeness (QED) is 0.842. The van der Waals surface area contributed by atoms with E-state index in [0.29, 0.717) is 11.4 Å². The lowest BCUT2D eigenvalue weighted by atomic mass is 9.97. The zero-order valence-electron chi connectivity index (χ0n) is 12.7. The molecule has 2 rings (SSSR count). The summed E-state index contributed by atoms with van der Waals surface area (Å²) in [7, 11) is -3.39. The van der Waals surface area contributed by atoms with Gasteiger partial charge in [-0.05, 0) is 30.8 Å². The van der Waals surface area contributed by atoms with Crippen molar-refractivity contribution in [1.29, 1.82) is 0 Å². The second-order valence-corrected chi connectivity index (χ2v) is 8.33. The molecule has 1 aromatic rings. The van der Waals surface area contributed by atoms with Crippen molar-refractivity contribution in [2.45, 2.75) is 69.4 Å². The van der Waals surface area contributed by atoms with Crippen molar-refractivity contribution in [3.63, 3.8) is 0 Å². The van der Waals surface area contributed by atoms with E-state index in [2.05, 4.69) is 10.0 Å². The topological polar surface area (TPSA) is 58.2 Å². The maximum atomic E-state index is 12.6. The van der Waals surface area contributed by atoms with Crippen LogP contribution in [0.4, 0.5) is 0 Å². The molecule has 1 saturated carbocycles. The molecule has 6 heteroatoms. The summed E-state index contributed by atoms with van der Waals surface area (Å²) in [4.78, 5) is 1.35. The molecule has 1 fully saturated rings. The molecule has 0 radical (unpaired) electrons. The van der Waals surface area contributed by atoms with Crippen molar-refractivity contribution in [3.8, 4) is 0 Å². The Morgan fingerprint density at radius 1 is 1.19 bits per heavy atom. The maximum Gasteiger partial charge on any atom is 0.241 e. The third kappa shape index (κ3) is 5.06. The SMILES string of the molecule is CCNCc1sccc1S(=O)(=O)NC1CCCCCCC1. The fourth-order valence-corrected chi connectivity index (χ4v) is 5.51. The Hall–Kier alpha value is -0.430. The average molecular weight is 331 g/mol. The molecular formula is C15H26N2O2S2. The van der Waals surface area contributed by atoms with Gasteiger partial charge in [0.2, 0.25) is 10.0 Å². The number of sulfonamides is 1. The first kappa shape index (κ1) is 16.9. The summed E-state index contributed by atoms with van der Waals surface area (Å²) in [5.41, 5.74) is 0. The molecule has 0 aliphatic heterocycles. The van der Waals surface area contributed by atoms with Crippen molar-refractivity contribution < 1.29 is 8.42 Å². The van der Waals surface area contributed by atoms with Crippen LogP contribution in [0.15, 0.2) is 16.3 Å². The first-order chi connectivity index (χ1) is 10.1. The van der Waals surface area contributed by atoms with Crippen LogP contribution in [0, 0.1) is 0 Å². The molecule has 1 aromatic heterocycles. The lowest BCUT2D eigenvalue weighted by Gasteiger charge is -2.21. The molecule has 0 spiro atoms. The van der Waals surface area contributed by atoms with Crippen LogP contribution in [-0.2, 0) is 16.6 Å². The number of rotatable bonds is 6. The van der Waals surface area contributed by atoms with Gasteiger partial charge in [-0.1, -0.05) is 39.0 Å². The van der Waals surface area contributed by atoms with Gasteiger partial charge in [0, 0.05) is 17.5 Å². The van der Waals surface area contributed by atoms with Gasteiger partial charge in [-0.3, -0.25) is 0 Å². The monoisotopic (exact) mass is 330 g/mol. The first-order valence-electron chi connectivity index (χ1n) is 7.93. The van der Waals surface area contributed by atoms with Gasteiger partial charge in [0.05, 0.1) is 4.90 Å². The molecular weight excluding hydrogens is 304 g/mol. The van der Waals surface area contributed by atoms with Gasteiger partial charge in [0.25, 0.3) is 0 Å². The summed E-state index contributed by atoms with van der Waals surface area (Å²) in [5.74, 6) is 0. The van der Waals surface area contributed by atoms with E-state index in [1.54, 1.807) is 6.07 Å². The molecule has 0 unspecified atom stereocenters. The van der Waals surface area contributed by atoms with Crippen molar-refractivity contribution in [2.75, 3.05) is 6.54 Å². The molecule has 4 nitrogen and oxygen atoms in total. The largest absolute Gasteiger partial charge is 0.312 e. The molecule has 120 valence electrons. The lowest BCUT2D eigenvalue weighted by Crippen LogP contribution is -2.35. The molecule has 21 heavy (non-hydrogen) atoms. The molecule has 1 aliphatic carbocycles. The van der Waals surface area contributed by atoms with Crippen molar-refractivity contribution >= 4 is 21.4 Å². The second-order valence-electron chi connectivity index (χ2n) is 5.65. The normalized spacial score (nSPS) is 18.3. The molecule has 0 amide bonds. The minimum absolute atomic E-state index is 0.0992. The van der Waals surface area contributed by atoms with E-state index >= 15 is 0 Å². The van der Waals surface area contributed by atoms with Crippen LogP contribution >= 0.6 is 11.3 Å². The fourth-order valence-electron chi connectivity index (χ4n) is 2.79. The van der Waals surface area contributed by atoms with Gasteiger partial charge in [-0.15, -0.1) is 11.3 Å². The van der Waals surface area contributed by atoms with Gasteiger partial charge >= 0.3 is 0 Å². The highest BCUT2D eigenvalue weighted by molar-refractivity contribution is 7.89. The summed E-state index contributed by atoms with van der Waals surface area (Å²) in [6, 6.07) is 1.82. The minimum atomic E-state index is -3.39. The molecule has 0 bridgehead atoms. The Kier molecular flexibility index (Phi) is 6.67. The lowest BCUT2D eigenvalue weighted by molar-refractivity contribution is 0.426. The molecule has 0 saturated heterocycles. The predicted octanol–water partition coefficient (Wildman–Crippen LogP) is 3.25. The van der Waals surface area contributed by atoms with Crippen LogP contribution in [-0.4, -0.2) is 21.0 Å². The first-order valence-corrected chi connectivity index (χ1v) is 10.3. The average Bonchev–Trinajstić information content (AvgIpc) is 2.88. The number of hydrogen-bond donors (Lipinski definition) is 2. The zero-order valence-corrected chi connectivity index (χ0v) is 14.4. The van der Waals surface area contributed by atoms with Gasteiger partial charge in [-0.2, -0.15) is 0 Å². The van der Waals surface area contributed by atoms with E-state index in [4.69, 9.17) is 0 Å². The number of nitrogens with one attached hydrogen (secondary N) is 2. The van der Waals surface area contributed by atoms with Gasteiger partial charge in [0.1, 0.15) is 0 Å². The fraction of sp³-hybridized carbons (Fsp3) is 0.733. The highest BCUT2D eigenvalue weighted by Gasteiger charge is 2.23. The van der Waals surface area contributed by atoms with Crippen LogP contribution in [0.2, 0.25) is 0 Å². The van der Waals surface area contributed by atoms with Crippen LogP contribution in [0.3, 0.4) is 0 Å². The van der Waals surface area contributed by atoms with E-state index in [1.807, 2.05) is 12.3 Å². The van der Waals surface area contributed by atoms with Crippen LogP contribution in [0.5, 0.6) is 0 Å². The third-order valence-corrected chi connectivity index (χ3v) is 6.61. The summed E-state index contributed by atoms with van der Waals surface area (Å²) in [5, 5.41) is 5.06. The van der Waals surface area contributed by atoms with Crippen LogP contribution in [0.25, 0.3) is 0 Å². The molecule has 1 heterocycles.